The van der Waals surface area contributed by atoms with Gasteiger partial charge in [-0.05, 0) is 43.0 Å². The van der Waals surface area contributed by atoms with Gasteiger partial charge < -0.3 is 15.2 Å². The van der Waals surface area contributed by atoms with E-state index in [4.69, 9.17) is 4.99 Å². The molecular weight excluding hydrogens is 389 g/mol. The Morgan fingerprint density at radius 3 is 2.71 bits per heavy atom. The summed E-state index contributed by atoms with van der Waals surface area (Å²) in [6.45, 7) is 5.07. The first-order valence-corrected chi connectivity index (χ1v) is 11.0. The van der Waals surface area contributed by atoms with E-state index in [0.717, 1.165) is 56.2 Å². The highest BCUT2D eigenvalue weighted by molar-refractivity contribution is 5.79. The molecule has 0 unspecified atom stereocenters. The first-order chi connectivity index (χ1) is 15.2. The summed E-state index contributed by atoms with van der Waals surface area (Å²) in [5.74, 6) is 1.67. The average Bonchev–Trinajstić information content (AvgIpc) is 3.46. The summed E-state index contributed by atoms with van der Waals surface area (Å²) in [6, 6.07) is 17.4. The van der Waals surface area contributed by atoms with Gasteiger partial charge in [-0.25, -0.2) is 9.37 Å². The largest absolute Gasteiger partial charge is 0.357 e. The molecule has 0 aliphatic heterocycles. The second kappa shape index (κ2) is 9.77. The Kier molecular flexibility index (Phi) is 6.65. The molecule has 1 saturated carbocycles. The fraction of sp³-hybridized carbons (Fsp3) is 0.360. The number of hydrogen-bond donors (Lipinski definition) is 2. The minimum Gasteiger partial charge on any atom is -0.357 e. The first-order valence-electron chi connectivity index (χ1n) is 11.0. The number of nitrogens with one attached hydrogen (secondary N) is 2. The van der Waals surface area contributed by atoms with Gasteiger partial charge in [0.15, 0.2) is 5.96 Å². The molecule has 1 aliphatic carbocycles. The summed E-state index contributed by atoms with van der Waals surface area (Å²) in [5.41, 5.74) is 2.29. The maximum absolute atomic E-state index is 13.6. The molecule has 1 aromatic heterocycles. The van der Waals surface area contributed by atoms with Crippen LogP contribution in [0, 0.1) is 5.82 Å². The lowest BCUT2D eigenvalue weighted by molar-refractivity contribution is 0.615. The van der Waals surface area contributed by atoms with Gasteiger partial charge in [-0.1, -0.05) is 42.5 Å². The molecule has 1 aliphatic rings. The molecule has 1 fully saturated rings. The fourth-order valence-electron chi connectivity index (χ4n) is 3.86. The molecular formula is C25H30FN5. The highest BCUT2D eigenvalue weighted by Crippen LogP contribution is 2.48. The molecule has 0 radical (unpaired) electrons. The summed E-state index contributed by atoms with van der Waals surface area (Å²) in [5, 5.41) is 6.74. The van der Waals surface area contributed by atoms with Crippen LogP contribution in [0.1, 0.15) is 36.7 Å². The fourth-order valence-corrected chi connectivity index (χ4v) is 3.86. The Labute approximate surface area is 183 Å². The van der Waals surface area contributed by atoms with Crippen molar-refractivity contribution in [3.8, 4) is 0 Å². The number of guanidine groups is 1. The quantitative estimate of drug-likeness (QED) is 0.409. The predicted molar refractivity (Wildman–Crippen MR) is 123 cm³/mol. The summed E-state index contributed by atoms with van der Waals surface area (Å²) in [7, 11) is 0. The number of benzene rings is 2. The number of aromatic nitrogens is 2. The molecule has 0 atom stereocenters. The minimum absolute atomic E-state index is 0.0175. The number of nitrogens with zero attached hydrogens (tertiary/aromatic N) is 3. The van der Waals surface area contributed by atoms with Crippen molar-refractivity contribution in [3.63, 3.8) is 0 Å². The van der Waals surface area contributed by atoms with Crippen molar-refractivity contribution in [2.24, 2.45) is 4.99 Å². The summed E-state index contributed by atoms with van der Waals surface area (Å²) in [6.07, 6.45) is 6.79. The zero-order valence-corrected chi connectivity index (χ0v) is 18.0. The molecule has 0 saturated heterocycles. The lowest BCUT2D eigenvalue weighted by Gasteiger charge is -2.16. The third kappa shape index (κ3) is 5.51. The van der Waals surface area contributed by atoms with Gasteiger partial charge in [0.25, 0.3) is 0 Å². The molecule has 5 nitrogen and oxygen atoms in total. The van der Waals surface area contributed by atoms with Gasteiger partial charge in [0.05, 0.1) is 6.54 Å². The number of imidazole rings is 1. The van der Waals surface area contributed by atoms with Gasteiger partial charge in [-0.3, -0.25) is 4.99 Å². The molecule has 4 rings (SSSR count). The van der Waals surface area contributed by atoms with E-state index in [1.807, 2.05) is 24.5 Å². The van der Waals surface area contributed by atoms with Crippen LogP contribution in [0.5, 0.6) is 0 Å². The molecule has 2 aromatic carbocycles. The minimum atomic E-state index is -0.177. The Bertz CT molecular complexity index is 1010. The van der Waals surface area contributed by atoms with Gasteiger partial charge in [0.2, 0.25) is 0 Å². The third-order valence-electron chi connectivity index (χ3n) is 5.81. The van der Waals surface area contributed by atoms with E-state index >= 15 is 0 Å². The van der Waals surface area contributed by atoms with Crippen molar-refractivity contribution in [3.05, 3.63) is 89.8 Å². The van der Waals surface area contributed by atoms with Crippen LogP contribution >= 0.6 is 0 Å². The Morgan fingerprint density at radius 2 is 1.97 bits per heavy atom. The highest BCUT2D eigenvalue weighted by atomic mass is 19.1. The molecule has 3 aromatic rings. The molecule has 31 heavy (non-hydrogen) atoms. The van der Waals surface area contributed by atoms with E-state index in [1.54, 1.807) is 12.1 Å². The van der Waals surface area contributed by atoms with Crippen molar-refractivity contribution in [2.45, 2.75) is 38.1 Å². The van der Waals surface area contributed by atoms with E-state index in [0.29, 0.717) is 6.54 Å². The van der Waals surface area contributed by atoms with Crippen molar-refractivity contribution < 1.29 is 4.39 Å². The van der Waals surface area contributed by atoms with Crippen molar-refractivity contribution >= 4 is 5.96 Å². The van der Waals surface area contributed by atoms with Crippen molar-refractivity contribution in [1.29, 1.82) is 0 Å². The number of hydrogen-bond acceptors (Lipinski definition) is 2. The van der Waals surface area contributed by atoms with Gasteiger partial charge >= 0.3 is 0 Å². The lowest BCUT2D eigenvalue weighted by Crippen LogP contribution is -2.39. The van der Waals surface area contributed by atoms with Crippen LogP contribution in [-0.4, -0.2) is 35.1 Å². The first kappa shape index (κ1) is 21.1. The van der Waals surface area contributed by atoms with Crippen LogP contribution in [0.3, 0.4) is 0 Å². The van der Waals surface area contributed by atoms with E-state index < -0.39 is 0 Å². The van der Waals surface area contributed by atoms with Crippen LogP contribution in [0.15, 0.2) is 72.0 Å². The third-order valence-corrected chi connectivity index (χ3v) is 5.81. The van der Waals surface area contributed by atoms with Crippen LogP contribution in [0.25, 0.3) is 0 Å². The maximum atomic E-state index is 13.6. The average molecular weight is 420 g/mol. The van der Waals surface area contributed by atoms with Gasteiger partial charge in [-0.2, -0.15) is 0 Å². The maximum Gasteiger partial charge on any atom is 0.191 e. The summed E-state index contributed by atoms with van der Waals surface area (Å²) in [4.78, 5) is 9.33. The van der Waals surface area contributed by atoms with E-state index in [1.165, 1.54) is 11.6 Å². The lowest BCUT2D eigenvalue weighted by atomic mass is 9.96. The van der Waals surface area contributed by atoms with E-state index in [-0.39, 0.29) is 11.2 Å². The Hall–Kier alpha value is -3.15. The van der Waals surface area contributed by atoms with Crippen LogP contribution in [0.2, 0.25) is 0 Å². The number of halogens is 1. The van der Waals surface area contributed by atoms with Crippen molar-refractivity contribution in [1.82, 2.24) is 20.2 Å². The van der Waals surface area contributed by atoms with E-state index in [2.05, 4.69) is 51.4 Å². The molecule has 0 bridgehead atoms. The molecule has 0 amide bonds. The zero-order chi connectivity index (χ0) is 21.5. The Morgan fingerprint density at radius 1 is 1.13 bits per heavy atom. The predicted octanol–water partition coefficient (Wildman–Crippen LogP) is 3.90. The summed E-state index contributed by atoms with van der Waals surface area (Å²) < 4.78 is 15.8. The van der Waals surface area contributed by atoms with Crippen LogP contribution in [0.4, 0.5) is 4.39 Å². The topological polar surface area (TPSA) is 54.2 Å². The Balaban J connectivity index is 1.34. The molecule has 2 N–H and O–H groups in total. The zero-order valence-electron chi connectivity index (χ0n) is 18.0. The van der Waals surface area contributed by atoms with Crippen LogP contribution in [-0.2, 0) is 18.4 Å². The van der Waals surface area contributed by atoms with Gasteiger partial charge in [0, 0.05) is 43.9 Å². The monoisotopic (exact) mass is 419 g/mol. The normalized spacial score (nSPS) is 15.0. The van der Waals surface area contributed by atoms with Gasteiger partial charge in [-0.15, -0.1) is 0 Å². The SMILES string of the molecule is CCNC(=NCC1(c2cccc(F)c2)CC1)NCCc1nccn1Cc1ccccc1. The number of aliphatic imine (C=N–C) groups is 1. The second-order valence-corrected chi connectivity index (χ2v) is 8.12. The van der Waals surface area contributed by atoms with Gasteiger partial charge in [0.1, 0.15) is 11.6 Å². The number of rotatable bonds is 9. The molecule has 162 valence electrons. The highest BCUT2D eigenvalue weighted by Gasteiger charge is 2.44. The molecule has 1 heterocycles. The summed E-state index contributed by atoms with van der Waals surface area (Å²) >= 11 is 0. The second-order valence-electron chi connectivity index (χ2n) is 8.12. The van der Waals surface area contributed by atoms with E-state index in [9.17, 15) is 4.39 Å². The molecule has 0 spiro atoms. The van der Waals surface area contributed by atoms with Crippen LogP contribution < -0.4 is 10.6 Å². The standard InChI is InChI=1S/C25H30FN5/c1-2-27-24(30-19-25(12-13-25)21-9-6-10-22(26)17-21)29-14-11-23-28-15-16-31(23)18-20-7-4-3-5-8-20/h3-10,15-17H,2,11-14,18-19H2,1H3,(H2,27,29,30). The van der Waals surface area contributed by atoms with Crippen molar-refractivity contribution in [2.75, 3.05) is 19.6 Å². The smallest absolute Gasteiger partial charge is 0.191 e. The molecule has 6 heteroatoms.